The molecule has 2 N–H and O–H groups in total. The number of benzene rings is 5. The van der Waals surface area contributed by atoms with Crippen LogP contribution in [0.1, 0.15) is 22.1 Å². The SMILES string of the molecule is Cc1nc(C(=O)NC(=O)NSc2cccc3cc4c(ccc5cc6ccccc6cc54)cc23)c(C(F)(F)F)o1. The van der Waals surface area contributed by atoms with E-state index in [1.807, 2.05) is 41.7 Å². The third-order valence-electron chi connectivity index (χ3n) is 6.35. The van der Waals surface area contributed by atoms with Crippen LogP contribution in [0.4, 0.5) is 18.0 Å². The molecule has 10 heteroatoms. The van der Waals surface area contributed by atoms with Crippen molar-refractivity contribution >= 4 is 67.0 Å². The van der Waals surface area contributed by atoms with Crippen LogP contribution in [-0.2, 0) is 6.18 Å². The van der Waals surface area contributed by atoms with Gasteiger partial charge in [-0.3, -0.25) is 14.8 Å². The van der Waals surface area contributed by atoms with E-state index in [0.29, 0.717) is 4.90 Å². The molecule has 0 aliphatic rings. The second-order valence-corrected chi connectivity index (χ2v) is 9.78. The van der Waals surface area contributed by atoms with E-state index in [4.69, 9.17) is 0 Å². The van der Waals surface area contributed by atoms with Crippen LogP contribution in [0.15, 0.2) is 88.2 Å². The third-order valence-corrected chi connectivity index (χ3v) is 7.21. The molecule has 1 heterocycles. The Hall–Kier alpha value is -4.57. The maximum Gasteiger partial charge on any atom is 0.452 e. The van der Waals surface area contributed by atoms with Crippen LogP contribution < -0.4 is 10.0 Å². The number of hydrogen-bond acceptors (Lipinski definition) is 5. The van der Waals surface area contributed by atoms with Crippen LogP contribution in [0.25, 0.3) is 43.1 Å². The third kappa shape index (κ3) is 4.63. The van der Waals surface area contributed by atoms with Gasteiger partial charge in [-0.15, -0.1) is 0 Å². The second-order valence-electron chi connectivity index (χ2n) is 8.93. The van der Waals surface area contributed by atoms with Gasteiger partial charge in [-0.2, -0.15) is 13.2 Å². The molecule has 0 fully saturated rings. The fraction of sp³-hybridized carbons (Fsp3) is 0.0690. The first-order valence-electron chi connectivity index (χ1n) is 11.8. The number of halogens is 3. The monoisotopic (exact) mass is 545 g/mol. The number of carbonyl (C=O) groups is 2. The minimum Gasteiger partial charge on any atom is -0.436 e. The number of imide groups is 1. The summed E-state index contributed by atoms with van der Waals surface area (Å²) in [6.45, 7) is 1.18. The molecule has 39 heavy (non-hydrogen) atoms. The molecule has 6 aromatic rings. The van der Waals surface area contributed by atoms with Crippen LogP contribution >= 0.6 is 11.9 Å². The molecule has 0 unspecified atom stereocenters. The number of oxazole rings is 1. The molecule has 6 nitrogen and oxygen atoms in total. The van der Waals surface area contributed by atoms with E-state index in [-0.39, 0.29) is 5.89 Å². The average Bonchev–Trinajstić information content (AvgIpc) is 3.32. The fourth-order valence-electron chi connectivity index (χ4n) is 4.64. The maximum absolute atomic E-state index is 13.1. The summed E-state index contributed by atoms with van der Waals surface area (Å²) in [6, 6.07) is 25.4. The van der Waals surface area contributed by atoms with Crippen molar-refractivity contribution in [3.8, 4) is 0 Å². The van der Waals surface area contributed by atoms with E-state index < -0.39 is 29.6 Å². The highest BCUT2D eigenvalue weighted by molar-refractivity contribution is 7.98. The van der Waals surface area contributed by atoms with E-state index in [9.17, 15) is 22.8 Å². The summed E-state index contributed by atoms with van der Waals surface area (Å²) in [5.74, 6) is -3.22. The molecule has 0 spiro atoms. The minimum atomic E-state index is -4.93. The summed E-state index contributed by atoms with van der Waals surface area (Å²) in [5.41, 5.74) is -1.00. The lowest BCUT2D eigenvalue weighted by molar-refractivity contribution is -0.153. The number of urea groups is 1. The van der Waals surface area contributed by atoms with Crippen molar-refractivity contribution in [2.45, 2.75) is 18.0 Å². The molecule has 0 bridgehead atoms. The van der Waals surface area contributed by atoms with Gasteiger partial charge in [0.1, 0.15) is 0 Å². The lowest BCUT2D eigenvalue weighted by Gasteiger charge is -2.11. The van der Waals surface area contributed by atoms with E-state index in [2.05, 4.69) is 50.5 Å². The molecule has 0 saturated heterocycles. The van der Waals surface area contributed by atoms with Crippen LogP contribution in [0.3, 0.4) is 0 Å². The summed E-state index contributed by atoms with van der Waals surface area (Å²) in [5, 5.41) is 10.4. The van der Waals surface area contributed by atoms with Crippen LogP contribution in [-0.4, -0.2) is 16.9 Å². The van der Waals surface area contributed by atoms with Crippen LogP contribution in [0.5, 0.6) is 0 Å². The number of aryl methyl sites for hydroxylation is 1. The summed E-state index contributed by atoms with van der Waals surface area (Å²) in [6.07, 6.45) is -4.93. The quantitative estimate of drug-likeness (QED) is 0.135. The summed E-state index contributed by atoms with van der Waals surface area (Å²) >= 11 is 0.944. The number of fused-ring (bicyclic) bond motifs is 5. The number of hydrogen-bond donors (Lipinski definition) is 2. The van der Waals surface area contributed by atoms with Crippen LogP contribution in [0, 0.1) is 6.92 Å². The van der Waals surface area contributed by atoms with Gasteiger partial charge in [-0.1, -0.05) is 48.5 Å². The first-order valence-corrected chi connectivity index (χ1v) is 12.6. The van der Waals surface area contributed by atoms with Crippen molar-refractivity contribution in [1.82, 2.24) is 15.0 Å². The second kappa shape index (κ2) is 9.32. The number of alkyl halides is 3. The lowest BCUT2D eigenvalue weighted by atomic mass is 9.96. The smallest absolute Gasteiger partial charge is 0.436 e. The Bertz CT molecular complexity index is 1950. The van der Waals surface area contributed by atoms with Crippen molar-refractivity contribution in [1.29, 1.82) is 0 Å². The van der Waals surface area contributed by atoms with E-state index in [1.165, 1.54) is 12.3 Å². The molecule has 194 valence electrons. The highest BCUT2D eigenvalue weighted by atomic mass is 32.2. The predicted octanol–water partition coefficient (Wildman–Crippen LogP) is 7.76. The normalized spacial score (nSPS) is 11.9. The standard InChI is InChI=1S/C29H18F3N3O3S/c1-15-33-25(26(38-15)29(30,31)32)27(36)34-28(37)35-39-24-8-4-7-18-13-22-20(14-23(18)24)10-9-19-11-16-5-2-3-6-17(16)12-21(19)22/h2-14H,1H3,(H2,34,35,36,37). The molecule has 0 saturated carbocycles. The highest BCUT2D eigenvalue weighted by Gasteiger charge is 2.41. The van der Waals surface area contributed by atoms with Gasteiger partial charge >= 0.3 is 12.2 Å². The first-order chi connectivity index (χ1) is 18.7. The molecule has 0 atom stereocenters. The van der Waals surface area contributed by atoms with Crippen LogP contribution in [0.2, 0.25) is 0 Å². The fourth-order valence-corrected chi connectivity index (χ4v) is 5.33. The largest absolute Gasteiger partial charge is 0.452 e. The molecular formula is C29H18F3N3O3S. The van der Waals surface area contributed by atoms with Gasteiger partial charge in [0.2, 0.25) is 5.76 Å². The Labute approximate surface area is 223 Å². The van der Waals surface area contributed by atoms with Gasteiger partial charge < -0.3 is 4.42 Å². The van der Waals surface area contributed by atoms with Gasteiger partial charge in [0, 0.05) is 11.8 Å². The number of amides is 3. The molecule has 0 aliphatic carbocycles. The molecule has 5 aromatic carbocycles. The molecular weight excluding hydrogens is 527 g/mol. The summed E-state index contributed by atoms with van der Waals surface area (Å²) < 4.78 is 46.3. The van der Waals surface area contributed by atoms with Crippen molar-refractivity contribution in [2.24, 2.45) is 0 Å². The van der Waals surface area contributed by atoms with E-state index in [1.54, 1.807) is 6.07 Å². The van der Waals surface area contributed by atoms with Gasteiger partial charge in [-0.05, 0) is 85.4 Å². The number of aromatic nitrogens is 1. The lowest BCUT2D eigenvalue weighted by Crippen LogP contribution is -2.37. The van der Waals surface area contributed by atoms with Gasteiger partial charge in [0.25, 0.3) is 5.91 Å². The van der Waals surface area contributed by atoms with E-state index >= 15 is 0 Å². The zero-order valence-electron chi connectivity index (χ0n) is 20.2. The Balaban J connectivity index is 1.27. The minimum absolute atomic E-state index is 0.341. The Morgan fingerprint density at radius 3 is 2.10 bits per heavy atom. The van der Waals surface area contributed by atoms with Crippen molar-refractivity contribution < 1.29 is 27.2 Å². The molecule has 1 aromatic heterocycles. The zero-order valence-corrected chi connectivity index (χ0v) is 21.0. The molecule has 0 radical (unpaired) electrons. The molecule has 6 rings (SSSR count). The zero-order chi connectivity index (χ0) is 27.3. The number of carbonyl (C=O) groups excluding carboxylic acids is 2. The Kier molecular flexibility index (Phi) is 5.91. The van der Waals surface area contributed by atoms with Crippen molar-refractivity contribution in [2.75, 3.05) is 0 Å². The summed E-state index contributed by atoms with van der Waals surface area (Å²) in [7, 11) is 0. The highest BCUT2D eigenvalue weighted by Crippen LogP contribution is 2.35. The first kappa shape index (κ1) is 24.7. The Morgan fingerprint density at radius 2 is 1.38 bits per heavy atom. The number of nitrogens with zero attached hydrogens (tertiary/aromatic N) is 1. The van der Waals surface area contributed by atoms with Crippen molar-refractivity contribution in [3.63, 3.8) is 0 Å². The van der Waals surface area contributed by atoms with Gasteiger partial charge in [-0.25, -0.2) is 9.78 Å². The molecule has 0 aliphatic heterocycles. The maximum atomic E-state index is 13.1. The van der Waals surface area contributed by atoms with Gasteiger partial charge in [0.15, 0.2) is 11.6 Å². The molecule has 3 amide bonds. The topological polar surface area (TPSA) is 84.2 Å². The summed E-state index contributed by atoms with van der Waals surface area (Å²) in [4.78, 5) is 28.8. The average molecular weight is 546 g/mol. The number of rotatable bonds is 3. The predicted molar refractivity (Wildman–Crippen MR) is 145 cm³/mol. The van der Waals surface area contributed by atoms with Gasteiger partial charge in [0.05, 0.1) is 0 Å². The Morgan fingerprint density at radius 1 is 0.795 bits per heavy atom. The van der Waals surface area contributed by atoms with E-state index in [0.717, 1.165) is 49.7 Å². The van der Waals surface area contributed by atoms with Crippen molar-refractivity contribution in [3.05, 3.63) is 96.2 Å². The number of nitrogens with one attached hydrogen (secondary N) is 2.